The van der Waals surface area contributed by atoms with Gasteiger partial charge in [-0.2, -0.15) is 0 Å². The maximum atomic E-state index is 5.68. The summed E-state index contributed by atoms with van der Waals surface area (Å²) in [6, 6.07) is 23.4. The zero-order chi connectivity index (χ0) is 17.2. The predicted molar refractivity (Wildman–Crippen MR) is 103 cm³/mol. The Bertz CT molecular complexity index is 1020. The molecule has 0 amide bonds. The van der Waals surface area contributed by atoms with Gasteiger partial charge in [-0.15, -0.1) is 0 Å². The fourth-order valence-corrected chi connectivity index (χ4v) is 3.30. The lowest BCUT2D eigenvalue weighted by Gasteiger charge is -2.10. The summed E-state index contributed by atoms with van der Waals surface area (Å²) >= 11 is 0. The minimum Gasteiger partial charge on any atom is -0.491 e. The van der Waals surface area contributed by atoms with Crippen molar-refractivity contribution in [3.8, 4) is 11.4 Å². The summed E-state index contributed by atoms with van der Waals surface area (Å²) in [7, 11) is 1.68. The minimum atomic E-state index is 0.560. The third kappa shape index (κ3) is 2.87. The molecule has 0 saturated heterocycles. The molecule has 0 aliphatic rings. The number of benzene rings is 3. The molecule has 3 nitrogen and oxygen atoms in total. The Morgan fingerprint density at radius 2 is 1.56 bits per heavy atom. The van der Waals surface area contributed by atoms with Crippen LogP contribution in [0, 0.1) is 6.92 Å². The molecule has 3 heteroatoms. The van der Waals surface area contributed by atoms with E-state index in [-0.39, 0.29) is 0 Å². The number of rotatable bonds is 5. The van der Waals surface area contributed by atoms with Crippen molar-refractivity contribution < 1.29 is 9.47 Å². The molecule has 0 bridgehead atoms. The van der Waals surface area contributed by atoms with Crippen molar-refractivity contribution in [2.75, 3.05) is 20.3 Å². The van der Waals surface area contributed by atoms with E-state index in [2.05, 4.69) is 66.1 Å². The van der Waals surface area contributed by atoms with Gasteiger partial charge >= 0.3 is 0 Å². The first-order valence-electron chi connectivity index (χ1n) is 8.50. The Balaban J connectivity index is 1.82. The van der Waals surface area contributed by atoms with Crippen molar-refractivity contribution in [1.29, 1.82) is 0 Å². The van der Waals surface area contributed by atoms with Gasteiger partial charge in [-0.05, 0) is 49.4 Å². The summed E-state index contributed by atoms with van der Waals surface area (Å²) in [5, 5.41) is 2.57. The van der Waals surface area contributed by atoms with E-state index in [1.165, 1.54) is 27.4 Å². The Labute approximate surface area is 147 Å². The van der Waals surface area contributed by atoms with Crippen LogP contribution in [0.3, 0.4) is 0 Å². The molecule has 0 saturated carbocycles. The van der Waals surface area contributed by atoms with E-state index >= 15 is 0 Å². The van der Waals surface area contributed by atoms with E-state index < -0.39 is 0 Å². The highest BCUT2D eigenvalue weighted by Crippen LogP contribution is 2.32. The summed E-state index contributed by atoms with van der Waals surface area (Å²) in [5.74, 6) is 0.859. The van der Waals surface area contributed by atoms with Crippen LogP contribution < -0.4 is 4.74 Å². The molecule has 1 aromatic heterocycles. The zero-order valence-corrected chi connectivity index (χ0v) is 14.5. The molecule has 0 aliphatic carbocycles. The van der Waals surface area contributed by atoms with Gasteiger partial charge in [0.1, 0.15) is 12.4 Å². The summed E-state index contributed by atoms with van der Waals surface area (Å²) < 4.78 is 13.0. The van der Waals surface area contributed by atoms with Crippen molar-refractivity contribution >= 4 is 21.8 Å². The van der Waals surface area contributed by atoms with E-state index in [0.29, 0.717) is 13.2 Å². The fourth-order valence-electron chi connectivity index (χ4n) is 3.30. The lowest BCUT2D eigenvalue weighted by Crippen LogP contribution is -2.04. The van der Waals surface area contributed by atoms with Crippen molar-refractivity contribution in [3.05, 3.63) is 72.3 Å². The van der Waals surface area contributed by atoms with Crippen LogP contribution in [0.4, 0.5) is 0 Å². The monoisotopic (exact) mass is 331 g/mol. The van der Waals surface area contributed by atoms with E-state index in [4.69, 9.17) is 9.47 Å². The molecule has 0 N–H and O–H groups in total. The summed E-state index contributed by atoms with van der Waals surface area (Å²) in [4.78, 5) is 0. The number of aromatic nitrogens is 1. The van der Waals surface area contributed by atoms with Crippen LogP contribution in [-0.2, 0) is 4.74 Å². The second-order valence-corrected chi connectivity index (χ2v) is 6.21. The van der Waals surface area contributed by atoms with Crippen LogP contribution in [0.15, 0.2) is 66.7 Å². The number of aryl methyl sites for hydroxylation is 1. The standard InChI is InChI=1S/C22H21NO2/c1-16-7-12-22-20(15-16)19-5-3-4-6-21(19)23(22)17-8-10-18(11-9-17)25-14-13-24-2/h3-12,15H,13-14H2,1-2H3. The number of hydrogen-bond acceptors (Lipinski definition) is 2. The molecule has 4 aromatic rings. The SMILES string of the molecule is COCCOc1ccc(-n2c3ccccc3c3cc(C)ccc32)cc1. The lowest BCUT2D eigenvalue weighted by molar-refractivity contribution is 0.146. The van der Waals surface area contributed by atoms with Crippen molar-refractivity contribution in [3.63, 3.8) is 0 Å². The Kier molecular flexibility index (Phi) is 4.16. The van der Waals surface area contributed by atoms with Gasteiger partial charge < -0.3 is 14.0 Å². The van der Waals surface area contributed by atoms with Gasteiger partial charge in [0, 0.05) is 23.6 Å². The second kappa shape index (κ2) is 6.61. The predicted octanol–water partition coefficient (Wildman–Crippen LogP) is 5.12. The molecule has 0 radical (unpaired) electrons. The highest BCUT2D eigenvalue weighted by molar-refractivity contribution is 6.09. The topological polar surface area (TPSA) is 23.4 Å². The van der Waals surface area contributed by atoms with Crippen LogP contribution in [-0.4, -0.2) is 24.9 Å². The molecule has 0 fully saturated rings. The summed E-state index contributed by atoms with van der Waals surface area (Å²) in [6.07, 6.45) is 0. The summed E-state index contributed by atoms with van der Waals surface area (Å²) in [5.41, 5.74) is 4.85. The smallest absolute Gasteiger partial charge is 0.119 e. The van der Waals surface area contributed by atoms with Gasteiger partial charge in [-0.3, -0.25) is 0 Å². The van der Waals surface area contributed by atoms with E-state index in [1.807, 2.05) is 12.1 Å². The van der Waals surface area contributed by atoms with Gasteiger partial charge in [0.05, 0.1) is 17.6 Å². The molecular weight excluding hydrogens is 310 g/mol. The van der Waals surface area contributed by atoms with Gasteiger partial charge in [0.25, 0.3) is 0 Å². The largest absolute Gasteiger partial charge is 0.491 e. The maximum absolute atomic E-state index is 5.68. The average molecular weight is 331 g/mol. The number of nitrogens with zero attached hydrogens (tertiary/aromatic N) is 1. The van der Waals surface area contributed by atoms with E-state index in [9.17, 15) is 0 Å². The Morgan fingerprint density at radius 1 is 0.800 bits per heavy atom. The van der Waals surface area contributed by atoms with Crippen LogP contribution in [0.25, 0.3) is 27.5 Å². The lowest BCUT2D eigenvalue weighted by atomic mass is 10.1. The molecule has 0 atom stereocenters. The third-order valence-electron chi connectivity index (χ3n) is 4.48. The Morgan fingerprint density at radius 3 is 2.36 bits per heavy atom. The molecule has 0 spiro atoms. The summed E-state index contributed by atoms with van der Waals surface area (Å²) in [6.45, 7) is 3.29. The first-order chi connectivity index (χ1) is 12.3. The molecule has 0 unspecified atom stereocenters. The maximum Gasteiger partial charge on any atom is 0.119 e. The van der Waals surface area contributed by atoms with Crippen LogP contribution >= 0.6 is 0 Å². The highest BCUT2D eigenvalue weighted by atomic mass is 16.5. The normalized spacial score (nSPS) is 11.3. The first kappa shape index (κ1) is 15.7. The second-order valence-electron chi connectivity index (χ2n) is 6.21. The molecule has 4 rings (SSSR count). The molecular formula is C22H21NO2. The number of ether oxygens (including phenoxy) is 2. The van der Waals surface area contributed by atoms with Crippen LogP contribution in [0.2, 0.25) is 0 Å². The van der Waals surface area contributed by atoms with E-state index in [1.54, 1.807) is 7.11 Å². The third-order valence-corrected chi connectivity index (χ3v) is 4.48. The minimum absolute atomic E-state index is 0.560. The van der Waals surface area contributed by atoms with Crippen LogP contribution in [0.5, 0.6) is 5.75 Å². The molecule has 1 heterocycles. The number of hydrogen-bond donors (Lipinski definition) is 0. The molecule has 0 aliphatic heterocycles. The van der Waals surface area contributed by atoms with E-state index in [0.717, 1.165) is 11.4 Å². The quantitative estimate of drug-likeness (QED) is 0.474. The van der Waals surface area contributed by atoms with Crippen molar-refractivity contribution in [2.45, 2.75) is 6.92 Å². The first-order valence-corrected chi connectivity index (χ1v) is 8.50. The number of fused-ring (bicyclic) bond motifs is 3. The van der Waals surface area contributed by atoms with Crippen molar-refractivity contribution in [1.82, 2.24) is 4.57 Å². The van der Waals surface area contributed by atoms with Gasteiger partial charge in [-0.25, -0.2) is 0 Å². The molecule has 3 aromatic carbocycles. The number of para-hydroxylation sites is 1. The average Bonchev–Trinajstić information content (AvgIpc) is 2.96. The number of methoxy groups -OCH3 is 1. The van der Waals surface area contributed by atoms with Gasteiger partial charge in [0.15, 0.2) is 0 Å². The highest BCUT2D eigenvalue weighted by Gasteiger charge is 2.11. The Hall–Kier alpha value is -2.78. The molecule has 126 valence electrons. The van der Waals surface area contributed by atoms with Gasteiger partial charge in [-0.1, -0.05) is 29.8 Å². The fraction of sp³-hybridized carbons (Fsp3) is 0.182. The van der Waals surface area contributed by atoms with Crippen LogP contribution in [0.1, 0.15) is 5.56 Å². The zero-order valence-electron chi connectivity index (χ0n) is 14.5. The molecule has 25 heavy (non-hydrogen) atoms. The van der Waals surface area contributed by atoms with Crippen molar-refractivity contribution in [2.24, 2.45) is 0 Å². The van der Waals surface area contributed by atoms with Gasteiger partial charge in [0.2, 0.25) is 0 Å².